The van der Waals surface area contributed by atoms with E-state index in [1.54, 1.807) is 6.92 Å². The highest BCUT2D eigenvalue weighted by Crippen LogP contribution is 1.99. The Labute approximate surface area is 72.0 Å². The Morgan fingerprint density at radius 1 is 1.67 bits per heavy atom. The number of carboxylic acids is 1. The first-order valence-electron chi connectivity index (χ1n) is 4.00. The summed E-state index contributed by atoms with van der Waals surface area (Å²) in [4.78, 5) is 10.2. The lowest BCUT2D eigenvalue weighted by molar-refractivity contribution is -0.129. The van der Waals surface area contributed by atoms with Gasteiger partial charge in [0.1, 0.15) is 5.71 Å². The number of ether oxygens (including phenoxy) is 1. The number of aliphatic carboxylic acids is 1. The number of hydrogen-bond acceptors (Lipinski definition) is 3. The average Bonchev–Trinajstić information content (AvgIpc) is 2.00. The fourth-order valence-corrected chi connectivity index (χ4v) is 0.753. The predicted molar refractivity (Wildman–Crippen MR) is 45.7 cm³/mol. The molecule has 1 atom stereocenters. The molecule has 0 aliphatic heterocycles. The van der Waals surface area contributed by atoms with Crippen molar-refractivity contribution in [2.75, 3.05) is 6.61 Å². The molecular weight excluding hydrogens is 158 g/mol. The molecule has 0 saturated carbocycles. The molecule has 2 N–H and O–H groups in total. The van der Waals surface area contributed by atoms with Gasteiger partial charge in [-0.15, -0.1) is 0 Å². The summed E-state index contributed by atoms with van der Waals surface area (Å²) in [5, 5.41) is 15.4. The molecule has 4 nitrogen and oxygen atoms in total. The molecule has 0 spiro atoms. The third kappa shape index (κ3) is 4.85. The van der Waals surface area contributed by atoms with Crippen molar-refractivity contribution in [1.82, 2.24) is 0 Å². The molecule has 70 valence electrons. The van der Waals surface area contributed by atoms with Crippen molar-refractivity contribution in [2.24, 2.45) is 0 Å². The van der Waals surface area contributed by atoms with Gasteiger partial charge in [0.25, 0.3) is 0 Å². The molecule has 12 heavy (non-hydrogen) atoms. The van der Waals surface area contributed by atoms with Crippen molar-refractivity contribution in [3.8, 4) is 0 Å². The zero-order valence-electron chi connectivity index (χ0n) is 7.46. The van der Waals surface area contributed by atoms with Gasteiger partial charge >= 0.3 is 5.97 Å². The second kappa shape index (κ2) is 5.71. The Hall–Kier alpha value is -0.900. The van der Waals surface area contributed by atoms with Crippen molar-refractivity contribution in [2.45, 2.75) is 32.8 Å². The highest BCUT2D eigenvalue weighted by Gasteiger charge is 2.11. The van der Waals surface area contributed by atoms with E-state index < -0.39 is 5.97 Å². The molecular formula is C8H15NO3. The molecule has 0 aliphatic rings. The minimum Gasteiger partial charge on any atom is -0.477 e. The molecule has 0 fully saturated rings. The van der Waals surface area contributed by atoms with E-state index in [0.717, 1.165) is 6.42 Å². The standard InChI is InChI=1S/C8H15NO3/c1-3-4-12-6(2)5-7(9)8(10)11/h6,9H,3-5H2,1-2H3,(H,10,11). The van der Waals surface area contributed by atoms with Crippen LogP contribution in [0, 0.1) is 5.41 Å². The van der Waals surface area contributed by atoms with Crippen molar-refractivity contribution < 1.29 is 14.6 Å². The van der Waals surface area contributed by atoms with E-state index in [-0.39, 0.29) is 18.2 Å². The van der Waals surface area contributed by atoms with Crippen molar-refractivity contribution >= 4 is 11.7 Å². The topological polar surface area (TPSA) is 70.4 Å². The Bertz CT molecular complexity index is 168. The van der Waals surface area contributed by atoms with E-state index >= 15 is 0 Å². The third-order valence-electron chi connectivity index (χ3n) is 1.36. The minimum absolute atomic E-state index is 0.173. The van der Waals surface area contributed by atoms with Crippen LogP contribution >= 0.6 is 0 Å². The zero-order chi connectivity index (χ0) is 9.56. The van der Waals surface area contributed by atoms with Gasteiger partial charge < -0.3 is 9.84 Å². The first-order valence-corrected chi connectivity index (χ1v) is 4.00. The van der Waals surface area contributed by atoms with Gasteiger partial charge in [0.05, 0.1) is 6.10 Å². The van der Waals surface area contributed by atoms with Gasteiger partial charge in [-0.05, 0) is 13.3 Å². The summed E-state index contributed by atoms with van der Waals surface area (Å²) in [7, 11) is 0. The molecule has 0 aromatic heterocycles. The number of nitrogens with one attached hydrogen (secondary N) is 1. The molecule has 0 aliphatic carbocycles. The third-order valence-corrected chi connectivity index (χ3v) is 1.36. The van der Waals surface area contributed by atoms with Crippen molar-refractivity contribution in [1.29, 1.82) is 5.41 Å². The quantitative estimate of drug-likeness (QED) is 0.594. The van der Waals surface area contributed by atoms with Crippen LogP contribution in [0.5, 0.6) is 0 Å². The van der Waals surface area contributed by atoms with E-state index in [2.05, 4.69) is 0 Å². The lowest BCUT2D eigenvalue weighted by atomic mass is 10.2. The Morgan fingerprint density at radius 2 is 2.25 bits per heavy atom. The molecule has 0 saturated heterocycles. The summed E-state index contributed by atoms with van der Waals surface area (Å²) >= 11 is 0. The van der Waals surface area contributed by atoms with Gasteiger partial charge in [0.2, 0.25) is 0 Å². The fourth-order valence-electron chi connectivity index (χ4n) is 0.753. The highest BCUT2D eigenvalue weighted by atomic mass is 16.5. The maximum atomic E-state index is 10.2. The maximum Gasteiger partial charge on any atom is 0.349 e. The van der Waals surface area contributed by atoms with Crippen LogP contribution in [0.1, 0.15) is 26.7 Å². The normalized spacial score (nSPS) is 12.5. The smallest absolute Gasteiger partial charge is 0.349 e. The van der Waals surface area contributed by atoms with Crippen LogP contribution in [0.2, 0.25) is 0 Å². The van der Waals surface area contributed by atoms with Gasteiger partial charge in [-0.3, -0.25) is 5.41 Å². The van der Waals surface area contributed by atoms with E-state index in [1.807, 2.05) is 6.92 Å². The van der Waals surface area contributed by atoms with Crippen molar-refractivity contribution in [3.63, 3.8) is 0 Å². The molecule has 1 unspecified atom stereocenters. The summed E-state index contributed by atoms with van der Waals surface area (Å²) in [5.74, 6) is -1.16. The largest absolute Gasteiger partial charge is 0.477 e. The number of carboxylic acid groups (broad SMARTS) is 1. The summed E-state index contributed by atoms with van der Waals surface area (Å²) in [6.45, 7) is 4.37. The monoisotopic (exact) mass is 173 g/mol. The molecule has 4 heteroatoms. The van der Waals surface area contributed by atoms with Gasteiger partial charge in [0, 0.05) is 13.0 Å². The lowest BCUT2D eigenvalue weighted by Gasteiger charge is -2.10. The van der Waals surface area contributed by atoms with Crippen LogP contribution in [0.3, 0.4) is 0 Å². The predicted octanol–water partition coefficient (Wildman–Crippen LogP) is 1.30. The minimum atomic E-state index is -1.16. The first-order chi connectivity index (χ1) is 5.57. The molecule has 0 radical (unpaired) electrons. The molecule has 0 aromatic carbocycles. The Balaban J connectivity index is 3.61. The average molecular weight is 173 g/mol. The zero-order valence-corrected chi connectivity index (χ0v) is 7.46. The Morgan fingerprint density at radius 3 is 2.67 bits per heavy atom. The van der Waals surface area contributed by atoms with Crippen LogP contribution in [0.25, 0.3) is 0 Å². The lowest BCUT2D eigenvalue weighted by Crippen LogP contribution is -2.20. The second-order valence-corrected chi connectivity index (χ2v) is 2.67. The van der Waals surface area contributed by atoms with E-state index in [4.69, 9.17) is 15.3 Å². The number of carbonyl (C=O) groups is 1. The number of rotatable bonds is 6. The fraction of sp³-hybridized carbons (Fsp3) is 0.750. The van der Waals surface area contributed by atoms with Crippen LogP contribution < -0.4 is 0 Å². The summed E-state index contributed by atoms with van der Waals surface area (Å²) < 4.78 is 5.21. The first kappa shape index (κ1) is 11.1. The highest BCUT2D eigenvalue weighted by molar-refractivity contribution is 6.34. The van der Waals surface area contributed by atoms with Crippen LogP contribution in [0.4, 0.5) is 0 Å². The van der Waals surface area contributed by atoms with E-state index in [0.29, 0.717) is 6.61 Å². The van der Waals surface area contributed by atoms with Crippen molar-refractivity contribution in [3.05, 3.63) is 0 Å². The summed E-state index contributed by atoms with van der Waals surface area (Å²) in [6.07, 6.45) is 0.911. The van der Waals surface area contributed by atoms with Crippen LogP contribution in [-0.4, -0.2) is 29.5 Å². The molecule has 0 bridgehead atoms. The van der Waals surface area contributed by atoms with Crippen LogP contribution in [-0.2, 0) is 9.53 Å². The molecule has 0 amide bonds. The molecule has 0 rings (SSSR count). The van der Waals surface area contributed by atoms with E-state index in [1.165, 1.54) is 0 Å². The molecule has 0 aromatic rings. The maximum absolute atomic E-state index is 10.2. The van der Waals surface area contributed by atoms with Gasteiger partial charge in [-0.1, -0.05) is 6.92 Å². The SMILES string of the molecule is CCCOC(C)CC(=N)C(=O)O. The van der Waals surface area contributed by atoms with Gasteiger partial charge in [0.15, 0.2) is 0 Å². The van der Waals surface area contributed by atoms with E-state index in [9.17, 15) is 4.79 Å². The summed E-state index contributed by atoms with van der Waals surface area (Å²) in [5.41, 5.74) is -0.293. The van der Waals surface area contributed by atoms with Gasteiger partial charge in [-0.25, -0.2) is 4.79 Å². The van der Waals surface area contributed by atoms with Gasteiger partial charge in [-0.2, -0.15) is 0 Å². The number of hydrogen-bond donors (Lipinski definition) is 2. The van der Waals surface area contributed by atoms with Crippen LogP contribution in [0.15, 0.2) is 0 Å². The Kier molecular flexibility index (Phi) is 5.28. The molecule has 0 heterocycles. The summed E-state index contributed by atoms with van der Waals surface area (Å²) in [6, 6.07) is 0. The second-order valence-electron chi connectivity index (χ2n) is 2.67.